The van der Waals surface area contributed by atoms with Crippen LogP contribution in [0.25, 0.3) is 0 Å². The Balaban J connectivity index is 1.42. The number of nitrogens with one attached hydrogen (secondary N) is 1. The lowest BCUT2D eigenvalue weighted by Crippen LogP contribution is -2.39. The van der Waals surface area contributed by atoms with E-state index < -0.39 is 0 Å². The monoisotopic (exact) mass is 344 g/mol. The zero-order valence-corrected chi connectivity index (χ0v) is 14.2. The first-order chi connectivity index (χ1) is 11.7. The number of halogens is 1. The van der Waals surface area contributed by atoms with Crippen LogP contribution in [0.5, 0.6) is 0 Å². The summed E-state index contributed by atoms with van der Waals surface area (Å²) in [5.74, 6) is 0.669. The third-order valence-corrected chi connectivity index (χ3v) is 4.63. The highest BCUT2D eigenvalue weighted by molar-refractivity contribution is 6.30. The first-order valence-electron chi connectivity index (χ1n) is 8.24. The SMILES string of the molecule is O=C(Nc1ccc(Cl)cn1)C1CCN(CCc2ccncc2)CC1. The van der Waals surface area contributed by atoms with Crippen molar-refractivity contribution in [1.29, 1.82) is 0 Å². The Kier molecular flexibility index (Phi) is 5.77. The summed E-state index contributed by atoms with van der Waals surface area (Å²) in [6.45, 7) is 2.94. The molecular formula is C18H21ClN4O. The number of carbonyl (C=O) groups excluding carboxylic acids is 1. The molecule has 0 atom stereocenters. The second-order valence-electron chi connectivity index (χ2n) is 6.07. The van der Waals surface area contributed by atoms with E-state index in [1.54, 1.807) is 18.3 Å². The van der Waals surface area contributed by atoms with Gasteiger partial charge in [-0.1, -0.05) is 11.6 Å². The van der Waals surface area contributed by atoms with Gasteiger partial charge >= 0.3 is 0 Å². The van der Waals surface area contributed by atoms with Crippen LogP contribution in [-0.2, 0) is 11.2 Å². The van der Waals surface area contributed by atoms with Crippen molar-refractivity contribution in [1.82, 2.24) is 14.9 Å². The third kappa shape index (κ3) is 4.76. The summed E-state index contributed by atoms with van der Waals surface area (Å²) in [5.41, 5.74) is 1.30. The average molecular weight is 345 g/mol. The van der Waals surface area contributed by atoms with E-state index in [1.165, 1.54) is 5.56 Å². The maximum Gasteiger partial charge on any atom is 0.228 e. The second-order valence-corrected chi connectivity index (χ2v) is 6.51. The van der Waals surface area contributed by atoms with E-state index in [-0.39, 0.29) is 11.8 Å². The molecule has 6 heteroatoms. The quantitative estimate of drug-likeness (QED) is 0.905. The smallest absolute Gasteiger partial charge is 0.228 e. The molecule has 3 heterocycles. The summed E-state index contributed by atoms with van der Waals surface area (Å²) in [7, 11) is 0. The number of carbonyl (C=O) groups is 1. The van der Waals surface area contributed by atoms with E-state index in [2.05, 4.69) is 32.3 Å². The minimum Gasteiger partial charge on any atom is -0.310 e. The van der Waals surface area contributed by atoms with Gasteiger partial charge in [0.05, 0.1) is 5.02 Å². The Labute approximate surface area is 147 Å². The Hall–Kier alpha value is -1.98. The van der Waals surface area contributed by atoms with Crippen molar-refractivity contribution in [2.45, 2.75) is 19.3 Å². The second kappa shape index (κ2) is 8.22. The number of amides is 1. The Morgan fingerprint density at radius 2 is 1.96 bits per heavy atom. The van der Waals surface area contributed by atoms with E-state index in [1.807, 2.05) is 12.4 Å². The van der Waals surface area contributed by atoms with Crippen molar-refractivity contribution in [2.24, 2.45) is 5.92 Å². The van der Waals surface area contributed by atoms with Crippen LogP contribution in [0.1, 0.15) is 18.4 Å². The lowest BCUT2D eigenvalue weighted by Gasteiger charge is -2.31. The van der Waals surface area contributed by atoms with Gasteiger partial charge in [0.1, 0.15) is 5.82 Å². The number of pyridine rings is 2. The van der Waals surface area contributed by atoms with E-state index in [4.69, 9.17) is 11.6 Å². The maximum absolute atomic E-state index is 12.3. The number of hydrogen-bond donors (Lipinski definition) is 1. The van der Waals surface area contributed by atoms with Gasteiger partial charge in [-0.3, -0.25) is 9.78 Å². The van der Waals surface area contributed by atoms with Crippen molar-refractivity contribution < 1.29 is 4.79 Å². The van der Waals surface area contributed by atoms with Gasteiger partial charge in [0.15, 0.2) is 0 Å². The summed E-state index contributed by atoms with van der Waals surface area (Å²) in [6, 6.07) is 7.56. The van der Waals surface area contributed by atoms with Crippen LogP contribution in [0.4, 0.5) is 5.82 Å². The molecule has 0 spiro atoms. The molecule has 3 rings (SSSR count). The molecule has 1 amide bonds. The van der Waals surface area contributed by atoms with Crippen LogP contribution in [0.15, 0.2) is 42.9 Å². The van der Waals surface area contributed by atoms with Crippen LogP contribution in [0.2, 0.25) is 5.02 Å². The highest BCUT2D eigenvalue weighted by atomic mass is 35.5. The molecule has 0 bridgehead atoms. The average Bonchev–Trinajstić information content (AvgIpc) is 2.63. The van der Waals surface area contributed by atoms with Crippen molar-refractivity contribution in [3.05, 3.63) is 53.4 Å². The van der Waals surface area contributed by atoms with E-state index >= 15 is 0 Å². The molecule has 0 aliphatic carbocycles. The van der Waals surface area contributed by atoms with Gasteiger partial charge in [0.25, 0.3) is 0 Å². The fraction of sp³-hybridized carbons (Fsp3) is 0.389. The number of piperidine rings is 1. The van der Waals surface area contributed by atoms with Crippen LogP contribution < -0.4 is 5.32 Å². The van der Waals surface area contributed by atoms with Crippen LogP contribution in [0.3, 0.4) is 0 Å². The molecule has 1 saturated heterocycles. The number of aromatic nitrogens is 2. The molecule has 2 aromatic heterocycles. The predicted octanol–water partition coefficient (Wildman–Crippen LogP) is 3.02. The first kappa shape index (κ1) is 16.9. The van der Waals surface area contributed by atoms with E-state index in [0.29, 0.717) is 10.8 Å². The Morgan fingerprint density at radius 1 is 1.21 bits per heavy atom. The molecular weight excluding hydrogens is 324 g/mol. The van der Waals surface area contributed by atoms with Crippen molar-refractivity contribution in [3.8, 4) is 0 Å². The largest absolute Gasteiger partial charge is 0.310 e. The number of rotatable bonds is 5. The first-order valence-corrected chi connectivity index (χ1v) is 8.62. The zero-order valence-electron chi connectivity index (χ0n) is 13.5. The molecule has 24 heavy (non-hydrogen) atoms. The molecule has 0 saturated carbocycles. The summed E-state index contributed by atoms with van der Waals surface area (Å²) in [5, 5.41) is 3.44. The van der Waals surface area contributed by atoms with Crippen molar-refractivity contribution in [2.75, 3.05) is 25.0 Å². The van der Waals surface area contributed by atoms with Gasteiger partial charge in [-0.15, -0.1) is 0 Å². The molecule has 1 fully saturated rings. The fourth-order valence-corrected chi connectivity index (χ4v) is 3.05. The highest BCUT2D eigenvalue weighted by Crippen LogP contribution is 2.19. The number of likely N-dealkylation sites (tertiary alicyclic amines) is 1. The maximum atomic E-state index is 12.3. The van der Waals surface area contributed by atoms with Gasteiger partial charge in [-0.05, 0) is 62.2 Å². The number of nitrogens with zero attached hydrogens (tertiary/aromatic N) is 3. The minimum atomic E-state index is 0.0543. The molecule has 2 aromatic rings. The van der Waals surface area contributed by atoms with E-state index in [9.17, 15) is 4.79 Å². The summed E-state index contributed by atoms with van der Waals surface area (Å²) >= 11 is 5.80. The van der Waals surface area contributed by atoms with Gasteiger partial charge in [-0.2, -0.15) is 0 Å². The molecule has 0 radical (unpaired) electrons. The Bertz CT molecular complexity index is 654. The van der Waals surface area contributed by atoms with Gasteiger partial charge < -0.3 is 10.2 Å². The lowest BCUT2D eigenvalue weighted by molar-refractivity contribution is -0.121. The highest BCUT2D eigenvalue weighted by Gasteiger charge is 2.25. The zero-order chi connectivity index (χ0) is 16.8. The standard InChI is InChI=1S/C18H21ClN4O/c19-16-1-2-17(21-13-16)22-18(24)15-6-11-23(12-7-15)10-5-14-3-8-20-9-4-14/h1-4,8-9,13,15H,5-7,10-12H2,(H,21,22,24). The number of hydrogen-bond acceptors (Lipinski definition) is 4. The normalized spacial score (nSPS) is 16.0. The molecule has 126 valence electrons. The summed E-state index contributed by atoms with van der Waals surface area (Å²) < 4.78 is 0. The minimum absolute atomic E-state index is 0.0543. The van der Waals surface area contributed by atoms with Gasteiger partial charge in [0.2, 0.25) is 5.91 Å². The molecule has 1 aliphatic rings. The van der Waals surface area contributed by atoms with Crippen LogP contribution in [-0.4, -0.2) is 40.4 Å². The lowest BCUT2D eigenvalue weighted by atomic mass is 9.95. The third-order valence-electron chi connectivity index (χ3n) is 4.40. The van der Waals surface area contributed by atoms with Gasteiger partial charge in [0, 0.05) is 31.1 Å². The van der Waals surface area contributed by atoms with Crippen molar-refractivity contribution in [3.63, 3.8) is 0 Å². The van der Waals surface area contributed by atoms with Crippen molar-refractivity contribution >= 4 is 23.3 Å². The number of anilines is 1. The molecule has 1 N–H and O–H groups in total. The van der Waals surface area contributed by atoms with E-state index in [0.717, 1.165) is 38.9 Å². The summed E-state index contributed by atoms with van der Waals surface area (Å²) in [4.78, 5) is 22.9. The van der Waals surface area contributed by atoms with Crippen LogP contribution in [0, 0.1) is 5.92 Å². The topological polar surface area (TPSA) is 58.1 Å². The van der Waals surface area contributed by atoms with Crippen LogP contribution >= 0.6 is 11.6 Å². The predicted molar refractivity (Wildman–Crippen MR) is 95.0 cm³/mol. The Morgan fingerprint density at radius 3 is 2.62 bits per heavy atom. The molecule has 0 aromatic carbocycles. The summed E-state index contributed by atoms with van der Waals surface area (Å²) in [6.07, 6.45) is 7.99. The molecule has 1 aliphatic heterocycles. The molecule has 5 nitrogen and oxygen atoms in total. The van der Waals surface area contributed by atoms with Gasteiger partial charge in [-0.25, -0.2) is 4.98 Å². The molecule has 0 unspecified atom stereocenters. The fourth-order valence-electron chi connectivity index (χ4n) is 2.93.